The molecular formula is C34H52O3. The number of rotatable bonds is 7. The van der Waals surface area contributed by atoms with E-state index in [4.69, 9.17) is 4.74 Å². The van der Waals surface area contributed by atoms with Gasteiger partial charge in [0.05, 0.1) is 11.7 Å². The number of fused-ring (bicyclic) bond motifs is 5. The summed E-state index contributed by atoms with van der Waals surface area (Å²) >= 11 is 0. The lowest BCUT2D eigenvalue weighted by molar-refractivity contribution is -0.172. The highest BCUT2D eigenvalue weighted by atomic mass is 16.5. The first kappa shape index (κ1) is 27.2. The highest BCUT2D eigenvalue weighted by molar-refractivity contribution is 5.89. The summed E-state index contributed by atoms with van der Waals surface area (Å²) in [7, 11) is 0. The van der Waals surface area contributed by atoms with Crippen LogP contribution in [-0.4, -0.2) is 23.3 Å². The van der Waals surface area contributed by atoms with E-state index in [0.29, 0.717) is 22.8 Å². The van der Waals surface area contributed by atoms with E-state index in [1.165, 1.54) is 44.9 Å². The zero-order chi connectivity index (χ0) is 26.4. The summed E-state index contributed by atoms with van der Waals surface area (Å²) in [5, 5.41) is 11.6. The summed E-state index contributed by atoms with van der Waals surface area (Å²) in [6.07, 6.45) is 13.0. The van der Waals surface area contributed by atoms with Crippen LogP contribution in [0, 0.1) is 52.3 Å². The number of aliphatic hydroxyl groups is 1. The summed E-state index contributed by atoms with van der Waals surface area (Å²) in [5.74, 6) is 4.64. The van der Waals surface area contributed by atoms with E-state index in [-0.39, 0.29) is 29.5 Å². The molecule has 4 saturated carbocycles. The van der Waals surface area contributed by atoms with Crippen molar-refractivity contribution in [2.24, 2.45) is 52.3 Å². The molecule has 0 heterocycles. The van der Waals surface area contributed by atoms with Crippen LogP contribution in [0.15, 0.2) is 30.3 Å². The van der Waals surface area contributed by atoms with Gasteiger partial charge in [0.25, 0.3) is 0 Å². The average Bonchev–Trinajstić information content (AvgIpc) is 3.22. The molecule has 0 saturated heterocycles. The molecule has 1 aromatic carbocycles. The van der Waals surface area contributed by atoms with Crippen LogP contribution in [0.1, 0.15) is 116 Å². The molecule has 3 nitrogen and oxygen atoms in total. The maximum atomic E-state index is 12.7. The maximum Gasteiger partial charge on any atom is 0.338 e. The van der Waals surface area contributed by atoms with Crippen LogP contribution in [0.5, 0.6) is 0 Å². The molecule has 206 valence electrons. The topological polar surface area (TPSA) is 46.5 Å². The zero-order valence-electron chi connectivity index (χ0n) is 24.1. The molecule has 4 fully saturated rings. The summed E-state index contributed by atoms with van der Waals surface area (Å²) < 4.78 is 5.98. The second-order valence-electron chi connectivity index (χ2n) is 14.5. The van der Waals surface area contributed by atoms with Crippen LogP contribution in [0.4, 0.5) is 0 Å². The van der Waals surface area contributed by atoms with Gasteiger partial charge >= 0.3 is 5.97 Å². The van der Waals surface area contributed by atoms with Gasteiger partial charge in [0.2, 0.25) is 0 Å². The smallest absolute Gasteiger partial charge is 0.338 e. The SMILES string of the molecule is CC(C)CCC[C@@H](C)[C@H]1CC[C@H]2[C@@H]3C[C@H](O)[C@H]4C[C@@H](OC(=O)c5ccccc5)CC[C@]4(C)[C@H]3CC[C@]12C. The molecule has 0 aromatic heterocycles. The number of aliphatic hydroxyl groups excluding tert-OH is 1. The minimum Gasteiger partial charge on any atom is -0.459 e. The summed E-state index contributed by atoms with van der Waals surface area (Å²) in [6.45, 7) is 12.3. The van der Waals surface area contributed by atoms with Crippen LogP contribution in [-0.2, 0) is 4.74 Å². The number of esters is 1. The van der Waals surface area contributed by atoms with Crippen LogP contribution in [0.25, 0.3) is 0 Å². The molecule has 0 radical (unpaired) electrons. The number of hydrogen-bond donors (Lipinski definition) is 1. The van der Waals surface area contributed by atoms with Crippen molar-refractivity contribution >= 4 is 5.97 Å². The Bertz CT molecular complexity index is 926. The second-order valence-corrected chi connectivity index (χ2v) is 14.5. The lowest BCUT2D eigenvalue weighted by atomic mass is 9.43. The maximum absolute atomic E-state index is 12.7. The van der Waals surface area contributed by atoms with E-state index in [2.05, 4.69) is 34.6 Å². The van der Waals surface area contributed by atoms with Crippen molar-refractivity contribution in [1.82, 2.24) is 0 Å². The molecule has 0 amide bonds. The van der Waals surface area contributed by atoms with Crippen molar-refractivity contribution in [3.63, 3.8) is 0 Å². The predicted molar refractivity (Wildman–Crippen MR) is 150 cm³/mol. The van der Waals surface area contributed by atoms with Crippen molar-refractivity contribution < 1.29 is 14.6 Å². The van der Waals surface area contributed by atoms with Gasteiger partial charge in [0, 0.05) is 0 Å². The van der Waals surface area contributed by atoms with Gasteiger partial charge < -0.3 is 9.84 Å². The fraction of sp³-hybridized carbons (Fsp3) is 0.794. The fourth-order valence-electron chi connectivity index (χ4n) is 10.2. The van der Waals surface area contributed by atoms with E-state index >= 15 is 0 Å². The minimum atomic E-state index is -0.269. The summed E-state index contributed by atoms with van der Waals surface area (Å²) in [4.78, 5) is 12.7. The van der Waals surface area contributed by atoms with Crippen molar-refractivity contribution in [1.29, 1.82) is 0 Å². The molecule has 3 heteroatoms. The molecule has 0 bridgehead atoms. The molecule has 4 aliphatic carbocycles. The Morgan fingerprint density at radius 3 is 2.35 bits per heavy atom. The molecule has 10 atom stereocenters. The molecule has 0 unspecified atom stereocenters. The fourth-order valence-corrected chi connectivity index (χ4v) is 10.2. The Kier molecular flexibility index (Phi) is 7.85. The van der Waals surface area contributed by atoms with E-state index in [1.54, 1.807) is 0 Å². The van der Waals surface area contributed by atoms with Crippen LogP contribution < -0.4 is 0 Å². The van der Waals surface area contributed by atoms with Gasteiger partial charge in [0.15, 0.2) is 0 Å². The van der Waals surface area contributed by atoms with Crippen LogP contribution in [0.3, 0.4) is 0 Å². The number of ether oxygens (including phenoxy) is 1. The van der Waals surface area contributed by atoms with E-state index in [1.807, 2.05) is 30.3 Å². The second kappa shape index (κ2) is 10.7. The predicted octanol–water partition coefficient (Wildman–Crippen LogP) is 8.30. The van der Waals surface area contributed by atoms with Gasteiger partial charge in [-0.15, -0.1) is 0 Å². The Morgan fingerprint density at radius 1 is 0.919 bits per heavy atom. The average molecular weight is 509 g/mol. The Hall–Kier alpha value is -1.35. The molecule has 5 rings (SSSR count). The molecule has 4 aliphatic rings. The summed E-state index contributed by atoms with van der Waals surface area (Å²) in [5.41, 5.74) is 1.24. The summed E-state index contributed by atoms with van der Waals surface area (Å²) in [6, 6.07) is 9.35. The lowest BCUT2D eigenvalue weighted by Crippen LogP contribution is -2.58. The number of hydrogen-bond acceptors (Lipinski definition) is 3. The lowest BCUT2D eigenvalue weighted by Gasteiger charge is -2.62. The van der Waals surface area contributed by atoms with Crippen molar-refractivity contribution in [3.8, 4) is 0 Å². The zero-order valence-corrected chi connectivity index (χ0v) is 24.1. The van der Waals surface area contributed by atoms with Gasteiger partial charge in [-0.1, -0.05) is 72.1 Å². The van der Waals surface area contributed by atoms with Crippen LogP contribution in [0.2, 0.25) is 0 Å². The molecule has 0 aliphatic heterocycles. The monoisotopic (exact) mass is 508 g/mol. The third-order valence-electron chi connectivity index (χ3n) is 12.1. The molecule has 1 N–H and O–H groups in total. The third kappa shape index (κ3) is 5.04. The van der Waals surface area contributed by atoms with Gasteiger partial charge in [-0.25, -0.2) is 4.79 Å². The molecule has 0 spiro atoms. The van der Waals surface area contributed by atoms with Gasteiger partial charge in [-0.05, 0) is 116 Å². The van der Waals surface area contributed by atoms with Gasteiger partial charge in [0.1, 0.15) is 6.10 Å². The van der Waals surface area contributed by atoms with Gasteiger partial charge in [-0.2, -0.15) is 0 Å². The number of carbonyl (C=O) groups is 1. The number of benzene rings is 1. The van der Waals surface area contributed by atoms with E-state index in [9.17, 15) is 9.90 Å². The normalized spacial score (nSPS) is 42.0. The Morgan fingerprint density at radius 2 is 1.62 bits per heavy atom. The van der Waals surface area contributed by atoms with Crippen LogP contribution >= 0.6 is 0 Å². The van der Waals surface area contributed by atoms with Crippen molar-refractivity contribution in [2.45, 2.75) is 117 Å². The first-order valence-corrected chi connectivity index (χ1v) is 15.6. The van der Waals surface area contributed by atoms with Crippen molar-refractivity contribution in [3.05, 3.63) is 35.9 Å². The minimum absolute atomic E-state index is 0.0756. The largest absolute Gasteiger partial charge is 0.459 e. The number of carbonyl (C=O) groups excluding carboxylic acids is 1. The highest BCUT2D eigenvalue weighted by Crippen LogP contribution is 2.68. The molecular weight excluding hydrogens is 456 g/mol. The molecule has 37 heavy (non-hydrogen) atoms. The third-order valence-corrected chi connectivity index (χ3v) is 12.1. The first-order valence-electron chi connectivity index (χ1n) is 15.6. The Balaban J connectivity index is 1.26. The Labute approximate surface area is 226 Å². The van der Waals surface area contributed by atoms with Crippen molar-refractivity contribution in [2.75, 3.05) is 0 Å². The molecule has 1 aromatic rings. The highest BCUT2D eigenvalue weighted by Gasteiger charge is 2.62. The standard InChI is InChI=1S/C34H52O3/c1-22(2)10-9-11-23(3)27-14-15-28-26-21-31(35)30-20-25(37-32(36)24-12-7-6-8-13-24)16-18-34(30,5)29(26)17-19-33(27,28)4/h6-8,12-13,22-23,25-31,35H,9-11,14-21H2,1-5H3/t23-,25+,26+,27-,28+,29+,30-,31+,33-,34-/m1/s1. The first-order chi connectivity index (χ1) is 17.6. The van der Waals surface area contributed by atoms with Gasteiger partial charge in [-0.3, -0.25) is 0 Å². The van der Waals surface area contributed by atoms with E-state index < -0.39 is 0 Å². The van der Waals surface area contributed by atoms with E-state index in [0.717, 1.165) is 49.4 Å². The quantitative estimate of drug-likeness (QED) is 0.377.